The van der Waals surface area contributed by atoms with E-state index in [-0.39, 0.29) is 30.1 Å². The number of hydrogen-bond acceptors (Lipinski definition) is 5. The second-order valence-corrected chi connectivity index (χ2v) is 6.16. The van der Waals surface area contributed by atoms with Gasteiger partial charge >= 0.3 is 6.03 Å². The van der Waals surface area contributed by atoms with Gasteiger partial charge < -0.3 is 20.3 Å². The van der Waals surface area contributed by atoms with Crippen molar-refractivity contribution in [2.75, 3.05) is 6.61 Å². The first-order valence-corrected chi connectivity index (χ1v) is 7.29. The molecule has 0 aliphatic carbocycles. The van der Waals surface area contributed by atoms with Crippen LogP contribution in [0.5, 0.6) is 0 Å². The fraction of sp³-hybridized carbons (Fsp3) is 0.786. The van der Waals surface area contributed by atoms with Crippen LogP contribution in [0.15, 0.2) is 4.52 Å². The maximum Gasteiger partial charge on any atom is 0.315 e. The lowest BCUT2D eigenvalue weighted by atomic mass is 9.96. The normalized spacial score (nSPS) is 14.6. The highest BCUT2D eigenvalue weighted by Crippen LogP contribution is 2.20. The lowest BCUT2D eigenvalue weighted by molar-refractivity contribution is 0.222. The summed E-state index contributed by atoms with van der Waals surface area (Å²) in [5.74, 6) is 0.989. The molecule has 0 saturated carbocycles. The van der Waals surface area contributed by atoms with Crippen LogP contribution in [-0.2, 0) is 5.41 Å². The first-order chi connectivity index (χ1) is 9.77. The van der Waals surface area contributed by atoms with E-state index in [1.54, 1.807) is 6.92 Å². The lowest BCUT2D eigenvalue weighted by Crippen LogP contribution is -2.43. The summed E-state index contributed by atoms with van der Waals surface area (Å²) in [5.41, 5.74) is -0.196. The van der Waals surface area contributed by atoms with Gasteiger partial charge in [0.05, 0.1) is 0 Å². The summed E-state index contributed by atoms with van der Waals surface area (Å²) < 4.78 is 5.19. The molecule has 2 atom stereocenters. The monoisotopic (exact) mass is 298 g/mol. The number of nitrogens with one attached hydrogen (secondary N) is 2. The summed E-state index contributed by atoms with van der Waals surface area (Å²) in [7, 11) is 0. The average molecular weight is 298 g/mol. The van der Waals surface area contributed by atoms with Gasteiger partial charge in [-0.3, -0.25) is 0 Å². The van der Waals surface area contributed by atoms with Crippen LogP contribution in [0.25, 0.3) is 0 Å². The third-order valence-electron chi connectivity index (χ3n) is 3.14. The molecule has 7 nitrogen and oxygen atoms in total. The minimum atomic E-state index is -0.375. The fourth-order valence-electron chi connectivity index (χ4n) is 1.74. The lowest BCUT2D eigenvalue weighted by Gasteiger charge is -2.17. The van der Waals surface area contributed by atoms with E-state index >= 15 is 0 Å². The first kappa shape index (κ1) is 17.4. The van der Waals surface area contributed by atoms with Crippen molar-refractivity contribution in [1.82, 2.24) is 20.8 Å². The van der Waals surface area contributed by atoms with Crippen molar-refractivity contribution in [3.8, 4) is 0 Å². The zero-order valence-electron chi connectivity index (χ0n) is 13.4. The van der Waals surface area contributed by atoms with E-state index in [1.165, 1.54) is 0 Å². The molecule has 0 bridgehead atoms. The molecule has 2 unspecified atom stereocenters. The molecular formula is C14H26N4O3. The highest BCUT2D eigenvalue weighted by Gasteiger charge is 2.24. The zero-order valence-corrected chi connectivity index (χ0v) is 13.4. The summed E-state index contributed by atoms with van der Waals surface area (Å²) in [6.07, 6.45) is 1.30. The van der Waals surface area contributed by atoms with Crippen molar-refractivity contribution in [2.45, 2.75) is 65.0 Å². The molecule has 0 fully saturated rings. The van der Waals surface area contributed by atoms with Gasteiger partial charge in [0.15, 0.2) is 5.82 Å². The Kier molecular flexibility index (Phi) is 6.14. The summed E-state index contributed by atoms with van der Waals surface area (Å²) in [6.45, 7) is 9.77. The molecule has 2 amide bonds. The van der Waals surface area contributed by atoms with Crippen LogP contribution in [-0.4, -0.2) is 33.9 Å². The number of nitrogens with zero attached hydrogens (tertiary/aromatic N) is 2. The number of amides is 2. The highest BCUT2D eigenvalue weighted by molar-refractivity contribution is 5.74. The Hall–Kier alpha value is -1.63. The van der Waals surface area contributed by atoms with E-state index < -0.39 is 0 Å². The molecule has 120 valence electrons. The number of aromatic nitrogens is 2. The van der Waals surface area contributed by atoms with Crippen LogP contribution in [0, 0.1) is 0 Å². The maximum absolute atomic E-state index is 11.9. The van der Waals surface area contributed by atoms with E-state index in [2.05, 4.69) is 20.8 Å². The van der Waals surface area contributed by atoms with Gasteiger partial charge in [-0.1, -0.05) is 32.9 Å². The predicted octanol–water partition coefficient (Wildman–Crippen LogP) is 1.89. The zero-order chi connectivity index (χ0) is 16.0. The summed E-state index contributed by atoms with van der Waals surface area (Å²) in [5, 5.41) is 18.4. The molecule has 3 N–H and O–H groups in total. The Bertz CT molecular complexity index is 453. The molecule has 1 aromatic rings. The Morgan fingerprint density at radius 2 is 2.05 bits per heavy atom. The number of carbonyl (C=O) groups excluding carboxylic acids is 1. The maximum atomic E-state index is 11.9. The van der Waals surface area contributed by atoms with Crippen molar-refractivity contribution in [3.63, 3.8) is 0 Å². The van der Waals surface area contributed by atoms with Crippen LogP contribution < -0.4 is 10.6 Å². The molecule has 7 heteroatoms. The molecule has 1 rings (SSSR count). The SMILES string of the molecule is CCC(CCO)NC(=O)NC(C)c1nc(C(C)(C)C)no1. The minimum Gasteiger partial charge on any atom is -0.396 e. The third-order valence-corrected chi connectivity index (χ3v) is 3.14. The predicted molar refractivity (Wildman–Crippen MR) is 78.9 cm³/mol. The van der Waals surface area contributed by atoms with Gasteiger partial charge in [-0.25, -0.2) is 4.79 Å². The molecule has 21 heavy (non-hydrogen) atoms. The average Bonchev–Trinajstić information content (AvgIpc) is 2.87. The number of aliphatic hydroxyl groups is 1. The molecule has 1 aromatic heterocycles. The van der Waals surface area contributed by atoms with E-state index in [0.717, 1.165) is 6.42 Å². The standard InChI is InChI=1S/C14H26N4O3/c1-6-10(7-8-19)16-13(20)15-9(2)11-17-12(18-21-11)14(3,4)5/h9-10,19H,6-8H2,1-5H3,(H2,15,16,20). The van der Waals surface area contributed by atoms with Crippen molar-refractivity contribution in [2.24, 2.45) is 0 Å². The van der Waals surface area contributed by atoms with Gasteiger partial charge in [0, 0.05) is 18.1 Å². The number of carbonyl (C=O) groups is 1. The van der Waals surface area contributed by atoms with Gasteiger partial charge in [-0.15, -0.1) is 0 Å². The highest BCUT2D eigenvalue weighted by atomic mass is 16.5. The van der Waals surface area contributed by atoms with E-state index in [0.29, 0.717) is 18.1 Å². The molecule has 0 aromatic carbocycles. The molecule has 0 spiro atoms. The third kappa shape index (κ3) is 5.34. The van der Waals surface area contributed by atoms with Gasteiger partial charge in [0.2, 0.25) is 5.89 Å². The van der Waals surface area contributed by atoms with Crippen LogP contribution >= 0.6 is 0 Å². The molecule has 0 aliphatic heterocycles. The second kappa shape index (κ2) is 7.40. The number of rotatable bonds is 6. The van der Waals surface area contributed by atoms with Crippen LogP contribution in [0.3, 0.4) is 0 Å². The number of hydrogen-bond donors (Lipinski definition) is 3. The van der Waals surface area contributed by atoms with Gasteiger partial charge in [0.1, 0.15) is 6.04 Å². The van der Waals surface area contributed by atoms with Crippen molar-refractivity contribution in [1.29, 1.82) is 0 Å². The van der Waals surface area contributed by atoms with Gasteiger partial charge in [-0.05, 0) is 19.8 Å². The minimum absolute atomic E-state index is 0.0463. The first-order valence-electron chi connectivity index (χ1n) is 7.29. The summed E-state index contributed by atoms with van der Waals surface area (Å²) in [4.78, 5) is 16.2. The Morgan fingerprint density at radius 1 is 1.38 bits per heavy atom. The quantitative estimate of drug-likeness (QED) is 0.744. The van der Waals surface area contributed by atoms with Gasteiger partial charge in [0.25, 0.3) is 0 Å². The van der Waals surface area contributed by atoms with Crippen molar-refractivity contribution >= 4 is 6.03 Å². The Balaban J connectivity index is 2.58. The molecule has 1 heterocycles. The molecule has 0 aliphatic rings. The second-order valence-electron chi connectivity index (χ2n) is 6.16. The van der Waals surface area contributed by atoms with E-state index in [9.17, 15) is 4.79 Å². The molecular weight excluding hydrogens is 272 g/mol. The number of aliphatic hydroxyl groups excluding tert-OH is 1. The molecule has 0 radical (unpaired) electrons. The van der Waals surface area contributed by atoms with E-state index in [1.807, 2.05) is 27.7 Å². The molecule has 0 saturated heterocycles. The van der Waals surface area contributed by atoms with Gasteiger partial charge in [-0.2, -0.15) is 4.98 Å². The topological polar surface area (TPSA) is 100 Å². The van der Waals surface area contributed by atoms with Crippen LogP contribution in [0.2, 0.25) is 0 Å². The number of urea groups is 1. The summed E-state index contributed by atoms with van der Waals surface area (Å²) in [6, 6.07) is -0.728. The largest absolute Gasteiger partial charge is 0.396 e. The Morgan fingerprint density at radius 3 is 2.52 bits per heavy atom. The fourth-order valence-corrected chi connectivity index (χ4v) is 1.74. The Labute approximate surface area is 125 Å². The smallest absolute Gasteiger partial charge is 0.315 e. The summed E-state index contributed by atoms with van der Waals surface area (Å²) >= 11 is 0. The van der Waals surface area contributed by atoms with Crippen LogP contribution in [0.4, 0.5) is 4.79 Å². The van der Waals surface area contributed by atoms with Crippen LogP contribution in [0.1, 0.15) is 65.2 Å². The van der Waals surface area contributed by atoms with Crippen molar-refractivity contribution in [3.05, 3.63) is 11.7 Å². The van der Waals surface area contributed by atoms with Crippen molar-refractivity contribution < 1.29 is 14.4 Å². The van der Waals surface area contributed by atoms with E-state index in [4.69, 9.17) is 9.63 Å².